The summed E-state index contributed by atoms with van der Waals surface area (Å²) in [6.45, 7) is 10.7. The molecule has 2 aliphatic heterocycles. The summed E-state index contributed by atoms with van der Waals surface area (Å²) >= 11 is 0. The number of aryl methyl sites for hydroxylation is 3. The molecule has 0 atom stereocenters. The van der Waals surface area contributed by atoms with E-state index in [0.29, 0.717) is 18.5 Å². The van der Waals surface area contributed by atoms with Gasteiger partial charge in [-0.15, -0.1) is 0 Å². The van der Waals surface area contributed by atoms with Crippen LogP contribution in [-0.2, 0) is 5.66 Å². The van der Waals surface area contributed by atoms with Gasteiger partial charge in [0.05, 0.1) is 0 Å². The zero-order chi connectivity index (χ0) is 21.3. The fraction of sp³-hybridized carbons (Fsp3) is 0.391. The molecule has 7 heteroatoms. The van der Waals surface area contributed by atoms with E-state index in [1.807, 2.05) is 0 Å². The van der Waals surface area contributed by atoms with Crippen molar-refractivity contribution in [2.75, 3.05) is 37.6 Å². The minimum atomic E-state index is -0.829. The lowest BCUT2D eigenvalue weighted by Gasteiger charge is -2.40. The van der Waals surface area contributed by atoms with Crippen LogP contribution in [0.5, 0.6) is 0 Å². The zero-order valence-corrected chi connectivity index (χ0v) is 18.0. The standard InChI is InChI=1S/C23H31N7/c1-16-4-8-20(9-5-16)30-12-10-29(11-13-30)15-23(27-21(24)26-22(25)28-23)19-7-6-17(2)18(3)14-19/h4-9,14H,10-13,15H2,1-3H3,(H5,24,25,26,27,28). The molecule has 4 rings (SSSR count). The van der Waals surface area contributed by atoms with Crippen LogP contribution in [-0.4, -0.2) is 49.5 Å². The molecule has 7 nitrogen and oxygen atoms in total. The van der Waals surface area contributed by atoms with Crippen molar-refractivity contribution in [3.63, 3.8) is 0 Å². The number of hydrogen-bond acceptors (Lipinski definition) is 7. The van der Waals surface area contributed by atoms with Gasteiger partial charge in [0.2, 0.25) is 0 Å². The number of hydrogen-bond donors (Lipinski definition) is 3. The maximum atomic E-state index is 6.07. The highest BCUT2D eigenvalue weighted by Crippen LogP contribution is 2.32. The summed E-state index contributed by atoms with van der Waals surface area (Å²) in [6, 6.07) is 15.1. The van der Waals surface area contributed by atoms with Gasteiger partial charge < -0.3 is 16.4 Å². The van der Waals surface area contributed by atoms with Crippen molar-refractivity contribution in [1.82, 2.24) is 10.2 Å². The third-order valence-electron chi connectivity index (χ3n) is 6.05. The molecule has 2 heterocycles. The molecule has 0 radical (unpaired) electrons. The number of benzene rings is 2. The molecule has 1 saturated heterocycles. The Bertz CT molecular complexity index is 952. The van der Waals surface area contributed by atoms with Crippen LogP contribution in [0, 0.1) is 20.8 Å². The topological polar surface area (TPSA) is 95.3 Å². The number of piperazine rings is 1. The van der Waals surface area contributed by atoms with Crippen molar-refractivity contribution >= 4 is 17.6 Å². The lowest BCUT2D eigenvalue weighted by Crippen LogP contribution is -2.54. The van der Waals surface area contributed by atoms with Crippen LogP contribution in [0.25, 0.3) is 0 Å². The Labute approximate surface area is 178 Å². The molecule has 5 N–H and O–H groups in total. The Kier molecular flexibility index (Phi) is 5.39. The maximum Gasteiger partial charge on any atom is 0.198 e. The first kappa shape index (κ1) is 20.2. The maximum absolute atomic E-state index is 6.07. The van der Waals surface area contributed by atoms with E-state index in [-0.39, 0.29) is 0 Å². The van der Waals surface area contributed by atoms with Gasteiger partial charge in [0.25, 0.3) is 0 Å². The van der Waals surface area contributed by atoms with E-state index >= 15 is 0 Å². The van der Waals surface area contributed by atoms with Crippen LogP contribution < -0.4 is 21.7 Å². The van der Waals surface area contributed by atoms with Crippen LogP contribution in [0.3, 0.4) is 0 Å². The van der Waals surface area contributed by atoms with Gasteiger partial charge in [-0.1, -0.05) is 35.9 Å². The molecule has 0 saturated carbocycles. The molecule has 0 bridgehead atoms. The third kappa shape index (κ3) is 4.11. The molecule has 0 aliphatic carbocycles. The van der Waals surface area contributed by atoms with E-state index in [1.165, 1.54) is 22.4 Å². The van der Waals surface area contributed by atoms with Crippen LogP contribution in [0.4, 0.5) is 5.69 Å². The van der Waals surface area contributed by atoms with Crippen molar-refractivity contribution in [2.24, 2.45) is 21.5 Å². The van der Waals surface area contributed by atoms with Gasteiger partial charge in [0.1, 0.15) is 0 Å². The number of anilines is 1. The number of aliphatic imine (C=N–C) groups is 2. The van der Waals surface area contributed by atoms with Gasteiger partial charge in [0.15, 0.2) is 17.6 Å². The molecule has 0 amide bonds. The van der Waals surface area contributed by atoms with Gasteiger partial charge >= 0.3 is 0 Å². The summed E-state index contributed by atoms with van der Waals surface area (Å²) in [7, 11) is 0. The summed E-state index contributed by atoms with van der Waals surface area (Å²) in [6.07, 6.45) is 0. The summed E-state index contributed by atoms with van der Waals surface area (Å²) in [4.78, 5) is 14.3. The van der Waals surface area contributed by atoms with Gasteiger partial charge in [-0.25, -0.2) is 9.98 Å². The van der Waals surface area contributed by atoms with E-state index < -0.39 is 5.66 Å². The molecule has 2 aromatic rings. The first-order valence-electron chi connectivity index (χ1n) is 10.4. The summed E-state index contributed by atoms with van der Waals surface area (Å²) < 4.78 is 0. The monoisotopic (exact) mass is 405 g/mol. The molecule has 30 heavy (non-hydrogen) atoms. The highest BCUT2D eigenvalue weighted by molar-refractivity contribution is 5.99. The second-order valence-corrected chi connectivity index (χ2v) is 8.33. The van der Waals surface area contributed by atoms with E-state index in [2.05, 4.69) is 78.4 Å². The van der Waals surface area contributed by atoms with E-state index in [0.717, 1.165) is 31.7 Å². The Morgan fingerprint density at radius 1 is 0.867 bits per heavy atom. The molecule has 2 aliphatic rings. The molecular weight excluding hydrogens is 374 g/mol. The lowest BCUT2D eigenvalue weighted by atomic mass is 9.95. The Morgan fingerprint density at radius 2 is 1.50 bits per heavy atom. The Hall–Kier alpha value is -3.06. The van der Waals surface area contributed by atoms with E-state index in [4.69, 9.17) is 21.5 Å². The summed E-state index contributed by atoms with van der Waals surface area (Å²) in [5.74, 6) is 0.609. The second kappa shape index (κ2) is 7.99. The SMILES string of the molecule is Cc1ccc(N2CCN(CC3(c4ccc(C)c(C)c4)N=C(N)NC(N)=N3)CC2)cc1. The van der Waals surface area contributed by atoms with Gasteiger partial charge in [-0.2, -0.15) is 0 Å². The fourth-order valence-corrected chi connectivity index (χ4v) is 4.12. The van der Waals surface area contributed by atoms with Crippen molar-refractivity contribution in [3.8, 4) is 0 Å². The molecule has 2 aromatic carbocycles. The number of nitrogens with two attached hydrogens (primary N) is 2. The number of rotatable bonds is 4. The highest BCUT2D eigenvalue weighted by atomic mass is 15.3. The summed E-state index contributed by atoms with van der Waals surface area (Å²) in [5.41, 5.74) is 17.3. The lowest BCUT2D eigenvalue weighted by molar-refractivity contribution is 0.201. The van der Waals surface area contributed by atoms with Gasteiger partial charge in [-0.05, 0) is 44.0 Å². The van der Waals surface area contributed by atoms with E-state index in [9.17, 15) is 0 Å². The number of nitrogens with zero attached hydrogens (tertiary/aromatic N) is 4. The van der Waals surface area contributed by atoms with Crippen molar-refractivity contribution in [1.29, 1.82) is 0 Å². The third-order valence-corrected chi connectivity index (χ3v) is 6.05. The van der Waals surface area contributed by atoms with Crippen LogP contribution in [0.2, 0.25) is 0 Å². The van der Waals surface area contributed by atoms with Crippen molar-refractivity contribution < 1.29 is 0 Å². The van der Waals surface area contributed by atoms with Crippen LogP contribution in [0.1, 0.15) is 22.3 Å². The Morgan fingerprint density at radius 3 is 2.10 bits per heavy atom. The quantitative estimate of drug-likeness (QED) is 0.721. The first-order chi connectivity index (χ1) is 14.3. The highest BCUT2D eigenvalue weighted by Gasteiger charge is 2.37. The average molecular weight is 406 g/mol. The van der Waals surface area contributed by atoms with Gasteiger partial charge in [-0.3, -0.25) is 10.2 Å². The molecule has 0 aromatic heterocycles. The molecule has 1 fully saturated rings. The van der Waals surface area contributed by atoms with Gasteiger partial charge in [0, 0.05) is 44.0 Å². The number of guanidine groups is 2. The van der Waals surface area contributed by atoms with Crippen molar-refractivity contribution in [2.45, 2.75) is 26.4 Å². The second-order valence-electron chi connectivity index (χ2n) is 8.33. The van der Waals surface area contributed by atoms with Crippen LogP contribution in [0.15, 0.2) is 52.4 Å². The normalized spacial score (nSPS) is 19.1. The average Bonchev–Trinajstić information content (AvgIpc) is 2.70. The Balaban J connectivity index is 1.55. The number of nitrogens with one attached hydrogen (secondary N) is 1. The van der Waals surface area contributed by atoms with E-state index in [1.54, 1.807) is 0 Å². The predicted octanol–water partition coefficient (Wildman–Crippen LogP) is 1.82. The molecule has 0 unspecified atom stereocenters. The summed E-state index contributed by atoms with van der Waals surface area (Å²) in [5, 5.41) is 2.83. The fourth-order valence-electron chi connectivity index (χ4n) is 4.12. The first-order valence-corrected chi connectivity index (χ1v) is 10.4. The minimum absolute atomic E-state index is 0.305. The molecule has 158 valence electrons. The smallest absolute Gasteiger partial charge is 0.198 e. The largest absolute Gasteiger partial charge is 0.370 e. The van der Waals surface area contributed by atoms with Crippen LogP contribution >= 0.6 is 0 Å². The minimum Gasteiger partial charge on any atom is -0.370 e. The van der Waals surface area contributed by atoms with Crippen molar-refractivity contribution in [3.05, 3.63) is 64.7 Å². The zero-order valence-electron chi connectivity index (χ0n) is 18.0. The predicted molar refractivity (Wildman–Crippen MR) is 124 cm³/mol. The molecule has 0 spiro atoms. The molecular formula is C23H31N7.